The van der Waals surface area contributed by atoms with Crippen LogP contribution in [0.5, 0.6) is 5.75 Å². The first kappa shape index (κ1) is 24.0. The van der Waals surface area contributed by atoms with Crippen LogP contribution in [0, 0.1) is 13.8 Å². The number of aromatic nitrogens is 5. The molecule has 4 aromatic rings. The molecule has 13 heteroatoms. The number of nitrogens with one attached hydrogen (secondary N) is 1. The van der Waals surface area contributed by atoms with Crippen molar-refractivity contribution in [1.82, 2.24) is 24.7 Å². The zero-order valence-corrected chi connectivity index (χ0v) is 18.3. The highest BCUT2D eigenvalue weighted by atomic mass is 19.4. The molecule has 0 saturated carbocycles. The molecule has 0 atom stereocenters. The fraction of sp³-hybridized carbons (Fsp3) is 0.227. The second-order valence-corrected chi connectivity index (χ2v) is 7.47. The molecule has 3 heterocycles. The summed E-state index contributed by atoms with van der Waals surface area (Å²) in [7, 11) is 0. The van der Waals surface area contributed by atoms with E-state index in [0.717, 1.165) is 10.7 Å². The standard InChI is InChI=1S/C22H17F5N6O2/c1-11-9-15(22(25,26)27)18-12(2)32-33(19(18)29-11)10-17(34)31-21-28-8-7-16(30-21)13-3-5-14(6-4-13)35-20(23)24/h3-9,20H,10H2,1-2H3,(H,28,30,31,34). The third-order valence-corrected chi connectivity index (χ3v) is 4.89. The van der Waals surface area contributed by atoms with Gasteiger partial charge in [-0.1, -0.05) is 0 Å². The van der Waals surface area contributed by atoms with Gasteiger partial charge in [0.25, 0.3) is 0 Å². The van der Waals surface area contributed by atoms with Gasteiger partial charge in [0.2, 0.25) is 11.9 Å². The number of pyridine rings is 1. The van der Waals surface area contributed by atoms with Gasteiger partial charge in [-0.3, -0.25) is 10.1 Å². The molecule has 1 N–H and O–H groups in total. The molecule has 4 rings (SSSR count). The number of halogens is 5. The van der Waals surface area contributed by atoms with E-state index >= 15 is 0 Å². The van der Waals surface area contributed by atoms with E-state index in [4.69, 9.17) is 0 Å². The molecule has 0 aliphatic rings. The van der Waals surface area contributed by atoms with Crippen molar-refractivity contribution >= 4 is 22.9 Å². The number of nitrogens with zero attached hydrogens (tertiary/aromatic N) is 5. The fourth-order valence-electron chi connectivity index (χ4n) is 3.50. The van der Waals surface area contributed by atoms with Gasteiger partial charge >= 0.3 is 12.8 Å². The van der Waals surface area contributed by atoms with Crippen LogP contribution in [0.3, 0.4) is 0 Å². The number of rotatable bonds is 6. The van der Waals surface area contributed by atoms with Crippen LogP contribution in [0.25, 0.3) is 22.3 Å². The Hall–Kier alpha value is -4.16. The molecule has 0 spiro atoms. The van der Waals surface area contributed by atoms with Crippen LogP contribution in [0.1, 0.15) is 17.0 Å². The first-order valence-electron chi connectivity index (χ1n) is 10.1. The van der Waals surface area contributed by atoms with Crippen molar-refractivity contribution in [2.45, 2.75) is 33.2 Å². The minimum absolute atomic E-state index is 0.0226. The lowest BCUT2D eigenvalue weighted by Gasteiger charge is -2.10. The average Bonchev–Trinajstić information content (AvgIpc) is 3.07. The van der Waals surface area contributed by atoms with E-state index in [1.807, 2.05) is 0 Å². The average molecular weight is 492 g/mol. The van der Waals surface area contributed by atoms with Crippen LogP contribution >= 0.6 is 0 Å². The number of carbonyl (C=O) groups excluding carboxylic acids is 1. The van der Waals surface area contributed by atoms with Gasteiger partial charge in [-0.05, 0) is 50.2 Å². The lowest BCUT2D eigenvalue weighted by molar-refractivity contribution is -0.136. The Kier molecular flexibility index (Phi) is 6.33. The molecular weight excluding hydrogens is 475 g/mol. The summed E-state index contributed by atoms with van der Waals surface area (Å²) in [6.07, 6.45) is -3.22. The van der Waals surface area contributed by atoms with Crippen molar-refractivity contribution in [2.75, 3.05) is 5.32 Å². The van der Waals surface area contributed by atoms with Gasteiger partial charge in [0.1, 0.15) is 12.3 Å². The number of alkyl halides is 5. The molecule has 0 saturated heterocycles. The van der Waals surface area contributed by atoms with Crippen LogP contribution in [-0.4, -0.2) is 37.3 Å². The maximum atomic E-state index is 13.5. The highest BCUT2D eigenvalue weighted by Crippen LogP contribution is 2.36. The molecule has 0 aliphatic heterocycles. The molecule has 0 radical (unpaired) electrons. The third kappa shape index (κ3) is 5.34. The second kappa shape index (κ2) is 9.24. The summed E-state index contributed by atoms with van der Waals surface area (Å²) >= 11 is 0. The van der Waals surface area contributed by atoms with Crippen LogP contribution in [-0.2, 0) is 17.5 Å². The van der Waals surface area contributed by atoms with Gasteiger partial charge in [-0.2, -0.15) is 27.1 Å². The number of carbonyl (C=O) groups is 1. The van der Waals surface area contributed by atoms with E-state index < -0.39 is 30.8 Å². The Morgan fingerprint density at radius 1 is 1.11 bits per heavy atom. The van der Waals surface area contributed by atoms with Gasteiger partial charge in [0.15, 0.2) is 5.65 Å². The zero-order chi connectivity index (χ0) is 25.3. The highest BCUT2D eigenvalue weighted by molar-refractivity contribution is 5.91. The van der Waals surface area contributed by atoms with Crippen LogP contribution < -0.4 is 10.1 Å². The SMILES string of the molecule is Cc1cc(C(F)(F)F)c2c(C)nn(CC(=O)Nc3nccc(-c4ccc(OC(F)F)cc4)n3)c2n1. The quantitative estimate of drug-likeness (QED) is 0.390. The van der Waals surface area contributed by atoms with Gasteiger partial charge in [0.05, 0.1) is 22.3 Å². The molecule has 8 nitrogen and oxygen atoms in total. The van der Waals surface area contributed by atoms with Crippen molar-refractivity contribution in [1.29, 1.82) is 0 Å². The lowest BCUT2D eigenvalue weighted by atomic mass is 10.1. The van der Waals surface area contributed by atoms with E-state index in [1.165, 1.54) is 44.3 Å². The molecule has 0 unspecified atom stereocenters. The maximum Gasteiger partial charge on any atom is 0.417 e. The predicted octanol–water partition coefficient (Wildman–Crippen LogP) is 4.76. The number of aryl methyl sites for hydroxylation is 2. The number of ether oxygens (including phenoxy) is 1. The minimum atomic E-state index is -4.61. The Morgan fingerprint density at radius 2 is 1.83 bits per heavy atom. The summed E-state index contributed by atoms with van der Waals surface area (Å²) in [5.74, 6) is -0.719. The fourth-order valence-corrected chi connectivity index (χ4v) is 3.50. The Bertz CT molecular complexity index is 1390. The summed E-state index contributed by atoms with van der Waals surface area (Å²) < 4.78 is 70.5. The number of hydrogen-bond acceptors (Lipinski definition) is 6. The minimum Gasteiger partial charge on any atom is -0.435 e. The van der Waals surface area contributed by atoms with Crippen LogP contribution in [0.4, 0.5) is 27.9 Å². The van der Waals surface area contributed by atoms with E-state index in [0.29, 0.717) is 11.3 Å². The van der Waals surface area contributed by atoms with Crippen molar-refractivity contribution in [3.8, 4) is 17.0 Å². The second-order valence-electron chi connectivity index (χ2n) is 7.47. The number of fused-ring (bicyclic) bond motifs is 1. The lowest BCUT2D eigenvalue weighted by Crippen LogP contribution is -2.21. The van der Waals surface area contributed by atoms with Crippen LogP contribution in [0.2, 0.25) is 0 Å². The smallest absolute Gasteiger partial charge is 0.417 e. The summed E-state index contributed by atoms with van der Waals surface area (Å²) in [5.41, 5.74) is 0.234. The summed E-state index contributed by atoms with van der Waals surface area (Å²) in [6.45, 7) is -0.539. The molecule has 1 aromatic carbocycles. The summed E-state index contributed by atoms with van der Waals surface area (Å²) in [6, 6.07) is 8.20. The van der Waals surface area contributed by atoms with Gasteiger partial charge in [0, 0.05) is 17.5 Å². The van der Waals surface area contributed by atoms with Crippen molar-refractivity contribution in [2.24, 2.45) is 0 Å². The topological polar surface area (TPSA) is 94.8 Å². The van der Waals surface area contributed by atoms with Gasteiger partial charge in [-0.25, -0.2) is 19.6 Å². The monoisotopic (exact) mass is 492 g/mol. The first-order valence-corrected chi connectivity index (χ1v) is 10.1. The molecule has 182 valence electrons. The maximum absolute atomic E-state index is 13.5. The van der Waals surface area contributed by atoms with Crippen molar-refractivity contribution in [3.63, 3.8) is 0 Å². The van der Waals surface area contributed by atoms with Gasteiger partial charge in [-0.15, -0.1) is 0 Å². The highest BCUT2D eigenvalue weighted by Gasteiger charge is 2.35. The van der Waals surface area contributed by atoms with Gasteiger partial charge < -0.3 is 4.74 Å². The van der Waals surface area contributed by atoms with E-state index in [9.17, 15) is 26.7 Å². The van der Waals surface area contributed by atoms with E-state index in [2.05, 4.69) is 30.1 Å². The normalized spacial score (nSPS) is 11.8. The molecule has 0 aliphatic carbocycles. The number of benzene rings is 1. The first-order chi connectivity index (χ1) is 16.5. The number of hydrogen-bond donors (Lipinski definition) is 1. The van der Waals surface area contributed by atoms with E-state index in [-0.39, 0.29) is 34.1 Å². The zero-order valence-electron chi connectivity index (χ0n) is 18.3. The summed E-state index contributed by atoms with van der Waals surface area (Å²) in [5, 5.41) is 6.37. The molecule has 0 fully saturated rings. The third-order valence-electron chi connectivity index (χ3n) is 4.89. The molecule has 35 heavy (non-hydrogen) atoms. The largest absolute Gasteiger partial charge is 0.435 e. The van der Waals surface area contributed by atoms with Crippen LogP contribution in [0.15, 0.2) is 42.6 Å². The molecule has 3 aromatic heterocycles. The Morgan fingerprint density at radius 3 is 2.49 bits per heavy atom. The summed E-state index contributed by atoms with van der Waals surface area (Å²) in [4.78, 5) is 24.9. The number of amides is 1. The Balaban J connectivity index is 1.54. The Labute approximate surface area is 194 Å². The molecular formula is C22H17F5N6O2. The van der Waals surface area contributed by atoms with Crippen molar-refractivity contribution < 1.29 is 31.5 Å². The molecule has 0 bridgehead atoms. The molecule has 1 amide bonds. The number of anilines is 1. The van der Waals surface area contributed by atoms with E-state index in [1.54, 1.807) is 6.07 Å². The predicted molar refractivity (Wildman–Crippen MR) is 115 cm³/mol. The van der Waals surface area contributed by atoms with Crippen molar-refractivity contribution in [3.05, 3.63) is 59.5 Å².